The molecule has 0 heterocycles. The molecule has 1 amide bonds. The van der Waals surface area contributed by atoms with E-state index in [1.165, 1.54) is 12.1 Å². The summed E-state index contributed by atoms with van der Waals surface area (Å²) in [4.78, 5) is 12.2. The summed E-state index contributed by atoms with van der Waals surface area (Å²) in [6, 6.07) is 12.9. The Bertz CT molecular complexity index is 734. The normalized spacial score (nSPS) is 10.3. The van der Waals surface area contributed by atoms with E-state index in [-0.39, 0.29) is 16.7 Å². The Kier molecular flexibility index (Phi) is 6.26. The predicted octanol–water partition coefficient (Wildman–Crippen LogP) is 3.99. The van der Waals surface area contributed by atoms with Gasteiger partial charge in [-0.2, -0.15) is 0 Å². The summed E-state index contributed by atoms with van der Waals surface area (Å²) in [6.07, 6.45) is 0. The second-order valence-electron chi connectivity index (χ2n) is 5.62. The lowest BCUT2D eigenvalue weighted by Crippen LogP contribution is -2.34. The molecule has 2 N–H and O–H groups in total. The zero-order chi connectivity index (χ0) is 17.5. The first kappa shape index (κ1) is 17.9. The van der Waals surface area contributed by atoms with E-state index >= 15 is 0 Å². The SMILES string of the molecule is CC(C)COc1cccc(C(=O)NC(=S)Nc2ccccc2F)c1. The van der Waals surface area contributed by atoms with E-state index in [1.54, 1.807) is 36.4 Å². The van der Waals surface area contributed by atoms with Crippen molar-refractivity contribution in [1.82, 2.24) is 5.32 Å². The molecule has 0 fully saturated rings. The Morgan fingerprint density at radius 1 is 1.21 bits per heavy atom. The smallest absolute Gasteiger partial charge is 0.257 e. The number of para-hydroxylation sites is 1. The van der Waals surface area contributed by atoms with Gasteiger partial charge in [-0.25, -0.2) is 4.39 Å². The first-order chi connectivity index (χ1) is 11.5. The number of benzene rings is 2. The van der Waals surface area contributed by atoms with Crippen LogP contribution in [0.2, 0.25) is 0 Å². The highest BCUT2D eigenvalue weighted by molar-refractivity contribution is 7.80. The summed E-state index contributed by atoms with van der Waals surface area (Å²) in [5.41, 5.74) is 0.616. The van der Waals surface area contributed by atoms with Gasteiger partial charge in [-0.15, -0.1) is 0 Å². The summed E-state index contributed by atoms with van der Waals surface area (Å²) in [5, 5.41) is 5.21. The highest BCUT2D eigenvalue weighted by atomic mass is 32.1. The molecule has 0 radical (unpaired) electrons. The van der Waals surface area contributed by atoms with Crippen LogP contribution in [-0.2, 0) is 0 Å². The average Bonchev–Trinajstić information content (AvgIpc) is 2.55. The van der Waals surface area contributed by atoms with Crippen LogP contribution >= 0.6 is 12.2 Å². The Labute approximate surface area is 146 Å². The number of rotatable bonds is 5. The maximum atomic E-state index is 13.6. The third kappa shape index (κ3) is 5.31. The molecule has 0 spiro atoms. The van der Waals surface area contributed by atoms with E-state index in [9.17, 15) is 9.18 Å². The van der Waals surface area contributed by atoms with Gasteiger partial charge in [-0.05, 0) is 48.5 Å². The molecule has 0 aliphatic heterocycles. The van der Waals surface area contributed by atoms with Gasteiger partial charge in [0.15, 0.2) is 5.11 Å². The fourth-order valence-corrected chi connectivity index (χ4v) is 2.08. The molecular formula is C18H19FN2O2S. The molecule has 0 saturated carbocycles. The van der Waals surface area contributed by atoms with E-state index in [0.29, 0.717) is 23.8 Å². The number of nitrogens with one attached hydrogen (secondary N) is 2. The number of ether oxygens (including phenoxy) is 1. The number of carbonyl (C=O) groups excluding carboxylic acids is 1. The number of hydrogen-bond donors (Lipinski definition) is 2. The predicted molar refractivity (Wildman–Crippen MR) is 96.9 cm³/mol. The number of anilines is 1. The molecule has 0 aliphatic rings. The Hall–Kier alpha value is -2.47. The van der Waals surface area contributed by atoms with Gasteiger partial charge in [0.1, 0.15) is 11.6 Å². The highest BCUT2D eigenvalue weighted by Crippen LogP contribution is 2.15. The number of hydrogen-bond acceptors (Lipinski definition) is 3. The molecule has 6 heteroatoms. The van der Waals surface area contributed by atoms with E-state index in [0.717, 1.165) is 0 Å². The Morgan fingerprint density at radius 2 is 1.96 bits per heavy atom. The molecule has 0 bridgehead atoms. The van der Waals surface area contributed by atoms with Gasteiger partial charge < -0.3 is 10.1 Å². The van der Waals surface area contributed by atoms with Gasteiger partial charge in [0.05, 0.1) is 12.3 Å². The van der Waals surface area contributed by atoms with Crippen LogP contribution in [0.3, 0.4) is 0 Å². The fraction of sp³-hybridized carbons (Fsp3) is 0.222. The maximum absolute atomic E-state index is 13.6. The summed E-state index contributed by atoms with van der Waals surface area (Å²) < 4.78 is 19.2. The molecule has 126 valence electrons. The topological polar surface area (TPSA) is 50.4 Å². The quantitative estimate of drug-likeness (QED) is 0.804. The lowest BCUT2D eigenvalue weighted by Gasteiger charge is -2.12. The van der Waals surface area contributed by atoms with E-state index < -0.39 is 5.82 Å². The van der Waals surface area contributed by atoms with Crippen molar-refractivity contribution in [3.8, 4) is 5.75 Å². The van der Waals surface area contributed by atoms with E-state index in [4.69, 9.17) is 17.0 Å². The lowest BCUT2D eigenvalue weighted by molar-refractivity contribution is 0.0977. The molecule has 0 saturated heterocycles. The summed E-state index contributed by atoms with van der Waals surface area (Å²) in [5.74, 6) is 0.168. The molecule has 0 unspecified atom stereocenters. The van der Waals surface area contributed by atoms with Crippen LogP contribution in [0.1, 0.15) is 24.2 Å². The van der Waals surface area contributed by atoms with Crippen molar-refractivity contribution in [1.29, 1.82) is 0 Å². The van der Waals surface area contributed by atoms with Crippen molar-refractivity contribution in [3.05, 3.63) is 59.9 Å². The number of carbonyl (C=O) groups is 1. The van der Waals surface area contributed by atoms with Gasteiger partial charge in [0, 0.05) is 5.56 Å². The van der Waals surface area contributed by atoms with Crippen LogP contribution in [0.5, 0.6) is 5.75 Å². The number of halogens is 1. The van der Waals surface area contributed by atoms with Crippen LogP contribution in [-0.4, -0.2) is 17.6 Å². The van der Waals surface area contributed by atoms with Gasteiger partial charge in [-0.3, -0.25) is 10.1 Å². The summed E-state index contributed by atoms with van der Waals surface area (Å²) in [7, 11) is 0. The zero-order valence-electron chi connectivity index (χ0n) is 13.5. The first-order valence-corrected chi connectivity index (χ1v) is 7.96. The van der Waals surface area contributed by atoms with Crippen molar-refractivity contribution in [2.45, 2.75) is 13.8 Å². The van der Waals surface area contributed by atoms with Crippen LogP contribution in [0.4, 0.5) is 10.1 Å². The molecule has 24 heavy (non-hydrogen) atoms. The largest absolute Gasteiger partial charge is 0.493 e. The summed E-state index contributed by atoms with van der Waals surface area (Å²) >= 11 is 5.05. The third-order valence-corrected chi connectivity index (χ3v) is 3.23. The van der Waals surface area contributed by atoms with Crippen molar-refractivity contribution in [2.75, 3.05) is 11.9 Å². The standard InChI is InChI=1S/C18H19FN2O2S/c1-12(2)11-23-14-7-5-6-13(10-14)17(22)21-18(24)20-16-9-4-3-8-15(16)19/h3-10,12H,11H2,1-2H3,(H2,20,21,22,24). The molecule has 4 nitrogen and oxygen atoms in total. The molecule has 0 aliphatic carbocycles. The van der Waals surface area contributed by atoms with E-state index in [2.05, 4.69) is 10.6 Å². The Morgan fingerprint density at radius 3 is 2.67 bits per heavy atom. The average molecular weight is 346 g/mol. The third-order valence-electron chi connectivity index (χ3n) is 3.03. The van der Waals surface area contributed by atoms with Gasteiger partial charge >= 0.3 is 0 Å². The van der Waals surface area contributed by atoms with Gasteiger partial charge in [-0.1, -0.05) is 32.0 Å². The maximum Gasteiger partial charge on any atom is 0.257 e. The second kappa shape index (κ2) is 8.40. The van der Waals surface area contributed by atoms with Crippen molar-refractivity contribution in [2.24, 2.45) is 5.92 Å². The van der Waals surface area contributed by atoms with Crippen LogP contribution < -0.4 is 15.4 Å². The highest BCUT2D eigenvalue weighted by Gasteiger charge is 2.10. The minimum Gasteiger partial charge on any atom is -0.493 e. The number of amides is 1. The second-order valence-corrected chi connectivity index (χ2v) is 6.03. The minimum absolute atomic E-state index is 0.0265. The van der Waals surface area contributed by atoms with Crippen LogP contribution in [0.25, 0.3) is 0 Å². The Balaban J connectivity index is 1.98. The molecule has 0 atom stereocenters. The fourth-order valence-electron chi connectivity index (χ4n) is 1.88. The van der Waals surface area contributed by atoms with Crippen LogP contribution in [0, 0.1) is 11.7 Å². The molecule has 2 rings (SSSR count). The van der Waals surface area contributed by atoms with Crippen molar-refractivity contribution >= 4 is 28.9 Å². The van der Waals surface area contributed by atoms with Crippen molar-refractivity contribution in [3.63, 3.8) is 0 Å². The zero-order valence-corrected chi connectivity index (χ0v) is 14.3. The monoisotopic (exact) mass is 346 g/mol. The molecular weight excluding hydrogens is 327 g/mol. The number of thiocarbonyl (C=S) groups is 1. The van der Waals surface area contributed by atoms with Crippen LogP contribution in [0.15, 0.2) is 48.5 Å². The first-order valence-electron chi connectivity index (χ1n) is 7.55. The minimum atomic E-state index is -0.446. The summed E-state index contributed by atoms with van der Waals surface area (Å²) in [6.45, 7) is 4.66. The molecule has 2 aromatic rings. The van der Waals surface area contributed by atoms with Crippen molar-refractivity contribution < 1.29 is 13.9 Å². The van der Waals surface area contributed by atoms with E-state index in [1.807, 2.05) is 13.8 Å². The van der Waals surface area contributed by atoms with Gasteiger partial charge in [0.25, 0.3) is 5.91 Å². The van der Waals surface area contributed by atoms with Gasteiger partial charge in [0.2, 0.25) is 0 Å². The molecule has 0 aromatic heterocycles. The lowest BCUT2D eigenvalue weighted by atomic mass is 10.2. The molecule has 2 aromatic carbocycles.